The summed E-state index contributed by atoms with van der Waals surface area (Å²) < 4.78 is 32.2. The van der Waals surface area contributed by atoms with Crippen molar-refractivity contribution in [2.24, 2.45) is 0 Å². The summed E-state index contributed by atoms with van der Waals surface area (Å²) in [6, 6.07) is 8.21. The Kier molecular flexibility index (Phi) is 4.90. The standard InChI is InChI=1S/C15H12BrF2NO2/c1-2-21-13-7-6-9(8-12(13)18)19-15(20)10-4-3-5-11(17)14(10)16/h3-8H,2H2,1H3,(H,19,20). The number of carbonyl (C=O) groups excluding carboxylic acids is 1. The second kappa shape index (κ2) is 6.67. The maximum Gasteiger partial charge on any atom is 0.256 e. The van der Waals surface area contributed by atoms with Crippen LogP contribution in [0.25, 0.3) is 0 Å². The second-order valence-electron chi connectivity index (χ2n) is 4.13. The molecule has 0 fully saturated rings. The summed E-state index contributed by atoms with van der Waals surface area (Å²) in [5.41, 5.74) is 0.390. The predicted molar refractivity (Wildman–Crippen MR) is 79.6 cm³/mol. The minimum Gasteiger partial charge on any atom is -0.491 e. The highest BCUT2D eigenvalue weighted by atomic mass is 79.9. The number of halogens is 3. The largest absolute Gasteiger partial charge is 0.491 e. The zero-order valence-corrected chi connectivity index (χ0v) is 12.7. The number of ether oxygens (including phenoxy) is 1. The first kappa shape index (κ1) is 15.4. The molecule has 1 N–H and O–H groups in total. The SMILES string of the molecule is CCOc1ccc(NC(=O)c2cccc(F)c2Br)cc1F. The molecule has 0 saturated carbocycles. The molecular formula is C15H12BrF2NO2. The molecule has 110 valence electrons. The molecule has 0 aliphatic rings. The van der Waals surface area contributed by atoms with E-state index in [0.717, 1.165) is 6.07 Å². The van der Waals surface area contributed by atoms with Crippen molar-refractivity contribution in [1.29, 1.82) is 0 Å². The van der Waals surface area contributed by atoms with Crippen molar-refractivity contribution in [2.75, 3.05) is 11.9 Å². The van der Waals surface area contributed by atoms with Crippen molar-refractivity contribution in [3.8, 4) is 5.75 Å². The highest BCUT2D eigenvalue weighted by Gasteiger charge is 2.14. The van der Waals surface area contributed by atoms with Crippen LogP contribution in [0.3, 0.4) is 0 Å². The van der Waals surface area contributed by atoms with Crippen LogP contribution in [0.4, 0.5) is 14.5 Å². The summed E-state index contributed by atoms with van der Waals surface area (Å²) in [6.45, 7) is 2.09. The third kappa shape index (κ3) is 3.58. The smallest absolute Gasteiger partial charge is 0.256 e. The Morgan fingerprint density at radius 2 is 2.00 bits per heavy atom. The molecule has 0 radical (unpaired) electrons. The first-order valence-electron chi connectivity index (χ1n) is 6.20. The molecule has 2 rings (SSSR count). The van der Waals surface area contributed by atoms with Gasteiger partial charge in [0, 0.05) is 11.8 Å². The minimum atomic E-state index is -0.576. The van der Waals surface area contributed by atoms with E-state index in [9.17, 15) is 13.6 Å². The Hall–Kier alpha value is -1.95. The molecule has 0 heterocycles. The van der Waals surface area contributed by atoms with Crippen LogP contribution in [0.15, 0.2) is 40.9 Å². The monoisotopic (exact) mass is 355 g/mol. The third-order valence-electron chi connectivity index (χ3n) is 2.69. The first-order chi connectivity index (χ1) is 10.0. The summed E-state index contributed by atoms with van der Waals surface area (Å²) >= 11 is 3.01. The van der Waals surface area contributed by atoms with Crippen molar-refractivity contribution >= 4 is 27.5 Å². The van der Waals surface area contributed by atoms with E-state index in [1.807, 2.05) is 0 Å². The van der Waals surface area contributed by atoms with E-state index >= 15 is 0 Å². The van der Waals surface area contributed by atoms with E-state index in [-0.39, 0.29) is 21.5 Å². The van der Waals surface area contributed by atoms with Gasteiger partial charge in [-0.25, -0.2) is 8.78 Å². The van der Waals surface area contributed by atoms with E-state index in [4.69, 9.17) is 4.74 Å². The van der Waals surface area contributed by atoms with E-state index in [1.165, 1.54) is 30.3 Å². The Labute approximate surface area is 129 Å². The number of anilines is 1. The number of rotatable bonds is 4. The summed E-state index contributed by atoms with van der Waals surface area (Å²) in [7, 11) is 0. The van der Waals surface area contributed by atoms with E-state index < -0.39 is 17.5 Å². The fraction of sp³-hybridized carbons (Fsp3) is 0.133. The highest BCUT2D eigenvalue weighted by Crippen LogP contribution is 2.24. The molecule has 6 heteroatoms. The van der Waals surface area contributed by atoms with Crippen LogP contribution in [-0.2, 0) is 0 Å². The zero-order chi connectivity index (χ0) is 15.4. The molecule has 1 amide bonds. The average Bonchev–Trinajstić information content (AvgIpc) is 2.45. The molecule has 0 atom stereocenters. The summed E-state index contributed by atoms with van der Waals surface area (Å²) in [5, 5.41) is 2.51. The van der Waals surface area contributed by atoms with E-state index in [2.05, 4.69) is 21.2 Å². The van der Waals surface area contributed by atoms with Crippen molar-refractivity contribution in [2.45, 2.75) is 6.92 Å². The number of carbonyl (C=O) groups is 1. The third-order valence-corrected chi connectivity index (χ3v) is 3.49. The van der Waals surface area contributed by atoms with Crippen molar-refractivity contribution in [3.63, 3.8) is 0 Å². The van der Waals surface area contributed by atoms with Crippen molar-refractivity contribution < 1.29 is 18.3 Å². The lowest BCUT2D eigenvalue weighted by molar-refractivity contribution is 0.102. The van der Waals surface area contributed by atoms with Gasteiger partial charge in [-0.1, -0.05) is 6.07 Å². The molecule has 0 aliphatic carbocycles. The first-order valence-corrected chi connectivity index (χ1v) is 7.00. The lowest BCUT2D eigenvalue weighted by Crippen LogP contribution is -2.13. The van der Waals surface area contributed by atoms with Crippen LogP contribution in [0.2, 0.25) is 0 Å². The number of nitrogens with one attached hydrogen (secondary N) is 1. The Bertz CT molecular complexity index is 677. The molecule has 2 aromatic carbocycles. The van der Waals surface area contributed by atoms with E-state index in [1.54, 1.807) is 6.92 Å². The van der Waals surface area contributed by atoms with Gasteiger partial charge in [0.1, 0.15) is 5.82 Å². The summed E-state index contributed by atoms with van der Waals surface area (Å²) in [4.78, 5) is 12.0. The van der Waals surface area contributed by atoms with Gasteiger partial charge in [-0.3, -0.25) is 4.79 Å². The normalized spacial score (nSPS) is 10.3. The number of hydrogen-bond acceptors (Lipinski definition) is 2. The number of benzene rings is 2. The minimum absolute atomic E-state index is 0.0638. The Morgan fingerprint density at radius 3 is 2.67 bits per heavy atom. The topological polar surface area (TPSA) is 38.3 Å². The lowest BCUT2D eigenvalue weighted by atomic mass is 10.2. The molecule has 2 aromatic rings. The molecule has 3 nitrogen and oxygen atoms in total. The van der Waals surface area contributed by atoms with Crippen LogP contribution >= 0.6 is 15.9 Å². The summed E-state index contributed by atoms with van der Waals surface area (Å²) in [6.07, 6.45) is 0. The van der Waals surface area contributed by atoms with Gasteiger partial charge in [0.15, 0.2) is 11.6 Å². The molecule has 0 bridgehead atoms. The quantitative estimate of drug-likeness (QED) is 0.883. The second-order valence-corrected chi connectivity index (χ2v) is 4.93. The van der Waals surface area contributed by atoms with Gasteiger partial charge in [0.05, 0.1) is 16.6 Å². The zero-order valence-electron chi connectivity index (χ0n) is 11.1. The van der Waals surface area contributed by atoms with Gasteiger partial charge in [0.2, 0.25) is 0 Å². The van der Waals surface area contributed by atoms with Gasteiger partial charge in [-0.2, -0.15) is 0 Å². The molecule has 21 heavy (non-hydrogen) atoms. The van der Waals surface area contributed by atoms with Gasteiger partial charge in [0.25, 0.3) is 5.91 Å². The molecule has 0 aliphatic heterocycles. The maximum atomic E-state index is 13.7. The van der Waals surface area contributed by atoms with Gasteiger partial charge < -0.3 is 10.1 Å². The molecular weight excluding hydrogens is 344 g/mol. The highest BCUT2D eigenvalue weighted by molar-refractivity contribution is 9.10. The molecule has 0 unspecified atom stereocenters. The molecule has 0 aromatic heterocycles. The van der Waals surface area contributed by atoms with E-state index in [0.29, 0.717) is 6.61 Å². The van der Waals surface area contributed by atoms with Crippen LogP contribution < -0.4 is 10.1 Å². The molecule has 0 spiro atoms. The van der Waals surface area contributed by atoms with Crippen LogP contribution in [-0.4, -0.2) is 12.5 Å². The Balaban J connectivity index is 2.20. The van der Waals surface area contributed by atoms with Crippen LogP contribution in [0.5, 0.6) is 5.75 Å². The van der Waals surface area contributed by atoms with Crippen molar-refractivity contribution in [1.82, 2.24) is 0 Å². The number of amides is 1. The van der Waals surface area contributed by atoms with Gasteiger partial charge >= 0.3 is 0 Å². The number of hydrogen-bond donors (Lipinski definition) is 1. The fourth-order valence-corrected chi connectivity index (χ4v) is 2.17. The summed E-state index contributed by atoms with van der Waals surface area (Å²) in [5.74, 6) is -1.54. The van der Waals surface area contributed by atoms with Crippen molar-refractivity contribution in [3.05, 3.63) is 58.1 Å². The van der Waals surface area contributed by atoms with Crippen LogP contribution in [0, 0.1) is 11.6 Å². The fourth-order valence-electron chi connectivity index (χ4n) is 1.73. The Morgan fingerprint density at radius 1 is 1.24 bits per heavy atom. The lowest BCUT2D eigenvalue weighted by Gasteiger charge is -2.09. The average molecular weight is 356 g/mol. The predicted octanol–water partition coefficient (Wildman–Crippen LogP) is 4.38. The van der Waals surface area contributed by atoms with Gasteiger partial charge in [-0.15, -0.1) is 0 Å². The maximum absolute atomic E-state index is 13.7. The van der Waals surface area contributed by atoms with Crippen LogP contribution in [0.1, 0.15) is 17.3 Å². The molecule has 0 saturated heterocycles. The van der Waals surface area contributed by atoms with Gasteiger partial charge in [-0.05, 0) is 47.1 Å².